The number of pyridine rings is 1. The van der Waals surface area contributed by atoms with Crippen LogP contribution in [0.5, 0.6) is 0 Å². The van der Waals surface area contributed by atoms with E-state index in [0.29, 0.717) is 12.1 Å². The fourth-order valence-corrected chi connectivity index (χ4v) is 3.15. The largest absolute Gasteiger partial charge is 0.352 e. The van der Waals surface area contributed by atoms with Crippen LogP contribution in [0.3, 0.4) is 0 Å². The first-order chi connectivity index (χ1) is 13.7. The number of carbonyl (C=O) groups excluding carboxylic acids is 1. The molecule has 0 fully saturated rings. The molecule has 2 aromatic carbocycles. The summed E-state index contributed by atoms with van der Waals surface area (Å²) in [4.78, 5) is 29.0. The molecule has 140 valence electrons. The second-order valence-electron chi connectivity index (χ2n) is 6.50. The fraction of sp³-hybridized carbons (Fsp3) is 0.136. The molecule has 1 N–H and O–H groups in total. The Morgan fingerprint density at radius 3 is 2.61 bits per heavy atom. The Balaban J connectivity index is 1.38. The van der Waals surface area contributed by atoms with Crippen molar-refractivity contribution < 1.29 is 4.79 Å². The average Bonchev–Trinajstić information content (AvgIpc) is 3.15. The first-order valence-electron chi connectivity index (χ1n) is 9.18. The van der Waals surface area contributed by atoms with Gasteiger partial charge in [0.15, 0.2) is 0 Å². The molecule has 0 aliphatic rings. The summed E-state index contributed by atoms with van der Waals surface area (Å²) < 4.78 is 3.56. The second-order valence-corrected chi connectivity index (χ2v) is 6.50. The van der Waals surface area contributed by atoms with Gasteiger partial charge in [-0.1, -0.05) is 30.3 Å². The van der Waals surface area contributed by atoms with Crippen LogP contribution in [0.2, 0.25) is 0 Å². The lowest BCUT2D eigenvalue weighted by atomic mass is 10.2. The number of imidazole rings is 1. The maximum atomic E-state index is 12.5. The van der Waals surface area contributed by atoms with Gasteiger partial charge in [0.1, 0.15) is 0 Å². The smallest absolute Gasteiger partial charge is 0.255 e. The van der Waals surface area contributed by atoms with Crippen LogP contribution in [0.1, 0.15) is 16.8 Å². The molecular weight excluding hydrogens is 352 g/mol. The van der Waals surface area contributed by atoms with Gasteiger partial charge in [0, 0.05) is 31.0 Å². The van der Waals surface area contributed by atoms with Gasteiger partial charge in [0.05, 0.1) is 22.9 Å². The molecule has 0 radical (unpaired) electrons. The molecule has 0 atom stereocenters. The normalized spacial score (nSPS) is 10.9. The van der Waals surface area contributed by atoms with Crippen LogP contribution in [0, 0.1) is 0 Å². The second kappa shape index (κ2) is 7.92. The lowest BCUT2D eigenvalue weighted by Crippen LogP contribution is -2.27. The average molecular weight is 372 g/mol. The van der Waals surface area contributed by atoms with Crippen molar-refractivity contribution in [3.8, 4) is 5.69 Å². The number of aryl methyl sites for hydroxylation is 1. The molecule has 0 saturated heterocycles. The number of rotatable bonds is 6. The predicted octanol–water partition coefficient (Wildman–Crippen LogP) is 3.01. The molecule has 28 heavy (non-hydrogen) atoms. The van der Waals surface area contributed by atoms with E-state index in [2.05, 4.69) is 14.9 Å². The number of nitrogens with one attached hydrogen (secondary N) is 1. The van der Waals surface area contributed by atoms with Crippen molar-refractivity contribution in [1.29, 1.82) is 0 Å². The van der Waals surface area contributed by atoms with E-state index < -0.39 is 0 Å². The third-order valence-electron chi connectivity index (χ3n) is 4.60. The van der Waals surface area contributed by atoms with Crippen LogP contribution in [-0.4, -0.2) is 26.6 Å². The summed E-state index contributed by atoms with van der Waals surface area (Å²) in [5, 5.41) is 2.92. The fourth-order valence-electron chi connectivity index (χ4n) is 3.15. The summed E-state index contributed by atoms with van der Waals surface area (Å²) >= 11 is 0. The van der Waals surface area contributed by atoms with E-state index in [9.17, 15) is 9.59 Å². The summed E-state index contributed by atoms with van der Waals surface area (Å²) in [6, 6.07) is 20.2. The molecule has 4 aromatic rings. The van der Waals surface area contributed by atoms with Crippen LogP contribution in [-0.2, 0) is 6.54 Å². The van der Waals surface area contributed by atoms with Crippen molar-refractivity contribution in [2.75, 3.05) is 6.54 Å². The number of para-hydroxylation sites is 3. The van der Waals surface area contributed by atoms with Gasteiger partial charge >= 0.3 is 0 Å². The predicted molar refractivity (Wildman–Crippen MR) is 109 cm³/mol. The van der Waals surface area contributed by atoms with Gasteiger partial charge in [-0.05, 0) is 36.8 Å². The SMILES string of the molecule is O=C(NCCCn1cnc2ccccc21)c1ccc(=O)n(-c2ccccc2)c1. The first kappa shape index (κ1) is 17.7. The molecule has 2 heterocycles. The number of aromatic nitrogens is 3. The van der Waals surface area contributed by atoms with E-state index in [1.54, 1.807) is 12.3 Å². The van der Waals surface area contributed by atoms with E-state index in [1.807, 2.05) is 60.9 Å². The minimum absolute atomic E-state index is 0.172. The molecule has 6 heteroatoms. The third-order valence-corrected chi connectivity index (χ3v) is 4.60. The summed E-state index contributed by atoms with van der Waals surface area (Å²) in [6.45, 7) is 1.31. The van der Waals surface area contributed by atoms with Gasteiger partial charge in [-0.25, -0.2) is 4.98 Å². The van der Waals surface area contributed by atoms with Crippen LogP contribution >= 0.6 is 0 Å². The topological polar surface area (TPSA) is 68.9 Å². The van der Waals surface area contributed by atoms with Crippen molar-refractivity contribution in [1.82, 2.24) is 19.4 Å². The van der Waals surface area contributed by atoms with Crippen LogP contribution in [0.4, 0.5) is 0 Å². The van der Waals surface area contributed by atoms with Gasteiger partial charge in [-0.3, -0.25) is 14.2 Å². The van der Waals surface area contributed by atoms with Crippen molar-refractivity contribution in [2.24, 2.45) is 0 Å². The lowest BCUT2D eigenvalue weighted by Gasteiger charge is -2.09. The zero-order chi connectivity index (χ0) is 19.3. The van der Waals surface area contributed by atoms with Crippen LogP contribution in [0.15, 0.2) is 84.0 Å². The van der Waals surface area contributed by atoms with E-state index in [-0.39, 0.29) is 11.5 Å². The van der Waals surface area contributed by atoms with Gasteiger partial charge in [0.25, 0.3) is 11.5 Å². The maximum absolute atomic E-state index is 12.5. The number of hydrogen-bond donors (Lipinski definition) is 1. The highest BCUT2D eigenvalue weighted by atomic mass is 16.2. The summed E-state index contributed by atoms with van der Waals surface area (Å²) in [5.41, 5.74) is 3.07. The van der Waals surface area contributed by atoms with Crippen molar-refractivity contribution in [2.45, 2.75) is 13.0 Å². The molecule has 0 unspecified atom stereocenters. The first-order valence-corrected chi connectivity index (χ1v) is 9.18. The quantitative estimate of drug-likeness (QED) is 0.529. The molecular formula is C22H20N4O2. The van der Waals surface area contributed by atoms with Crippen LogP contribution in [0.25, 0.3) is 16.7 Å². The van der Waals surface area contributed by atoms with Crippen molar-refractivity contribution >= 4 is 16.9 Å². The molecule has 0 bridgehead atoms. The number of carbonyl (C=O) groups is 1. The van der Waals surface area contributed by atoms with E-state index in [0.717, 1.165) is 29.7 Å². The van der Waals surface area contributed by atoms with Crippen LogP contribution < -0.4 is 10.9 Å². The van der Waals surface area contributed by atoms with Crippen molar-refractivity contribution in [3.05, 3.63) is 95.2 Å². The monoisotopic (exact) mass is 372 g/mol. The molecule has 1 amide bonds. The Bertz CT molecular complexity index is 1160. The standard InChI is InChI=1S/C22H20N4O2/c27-21-12-11-17(15-26(21)18-7-2-1-3-8-18)22(28)23-13-6-14-25-16-24-19-9-4-5-10-20(19)25/h1-5,7-12,15-16H,6,13-14H2,(H,23,28). The Morgan fingerprint density at radius 2 is 1.75 bits per heavy atom. The summed E-state index contributed by atoms with van der Waals surface area (Å²) in [7, 11) is 0. The Kier molecular flexibility index (Phi) is 5.01. The minimum atomic E-state index is -0.194. The number of amides is 1. The molecule has 2 aromatic heterocycles. The molecule has 0 spiro atoms. The van der Waals surface area contributed by atoms with E-state index in [4.69, 9.17) is 0 Å². The van der Waals surface area contributed by atoms with Gasteiger partial charge < -0.3 is 9.88 Å². The molecule has 0 aliphatic heterocycles. The van der Waals surface area contributed by atoms with Gasteiger partial charge in [-0.15, -0.1) is 0 Å². The minimum Gasteiger partial charge on any atom is -0.352 e. The summed E-state index contributed by atoms with van der Waals surface area (Å²) in [5.74, 6) is -0.194. The number of nitrogens with zero attached hydrogens (tertiary/aromatic N) is 3. The van der Waals surface area contributed by atoms with Gasteiger partial charge in [0.2, 0.25) is 0 Å². The molecule has 0 saturated carbocycles. The third kappa shape index (κ3) is 3.71. The van der Waals surface area contributed by atoms with Gasteiger partial charge in [-0.2, -0.15) is 0 Å². The number of fused-ring (bicyclic) bond motifs is 1. The Morgan fingerprint density at radius 1 is 0.964 bits per heavy atom. The number of hydrogen-bond acceptors (Lipinski definition) is 3. The highest BCUT2D eigenvalue weighted by molar-refractivity contribution is 5.93. The highest BCUT2D eigenvalue weighted by Crippen LogP contribution is 2.12. The Labute approximate surface area is 162 Å². The molecule has 4 rings (SSSR count). The van der Waals surface area contributed by atoms with Crippen molar-refractivity contribution in [3.63, 3.8) is 0 Å². The zero-order valence-corrected chi connectivity index (χ0v) is 15.3. The summed E-state index contributed by atoms with van der Waals surface area (Å²) in [6.07, 6.45) is 4.18. The van der Waals surface area contributed by atoms with E-state index in [1.165, 1.54) is 10.6 Å². The molecule has 0 aliphatic carbocycles. The van der Waals surface area contributed by atoms with E-state index >= 15 is 0 Å². The zero-order valence-electron chi connectivity index (χ0n) is 15.3. The Hall–Kier alpha value is -3.67. The molecule has 6 nitrogen and oxygen atoms in total. The lowest BCUT2D eigenvalue weighted by molar-refractivity contribution is 0.0952. The number of benzene rings is 2. The maximum Gasteiger partial charge on any atom is 0.255 e. The highest BCUT2D eigenvalue weighted by Gasteiger charge is 2.08.